The summed E-state index contributed by atoms with van der Waals surface area (Å²) in [5.41, 5.74) is 2.50. The summed E-state index contributed by atoms with van der Waals surface area (Å²) in [6.07, 6.45) is -7.44. The number of halogens is 3. The minimum absolute atomic E-state index is 0.00812. The molecule has 4 aromatic rings. The molecule has 1 heterocycles. The van der Waals surface area contributed by atoms with E-state index in [-0.39, 0.29) is 31.7 Å². The molecule has 2 unspecified atom stereocenters. The van der Waals surface area contributed by atoms with E-state index in [1.54, 1.807) is 0 Å². The molecule has 0 aromatic heterocycles. The summed E-state index contributed by atoms with van der Waals surface area (Å²) < 4.78 is 51.1. The second kappa shape index (κ2) is 16.6. The first-order chi connectivity index (χ1) is 24.4. The zero-order chi connectivity index (χ0) is 36.5. The molecule has 12 heteroatoms. The van der Waals surface area contributed by atoms with Crippen LogP contribution in [0.1, 0.15) is 34.2 Å². The van der Waals surface area contributed by atoms with Crippen molar-refractivity contribution in [3.05, 3.63) is 131 Å². The van der Waals surface area contributed by atoms with Crippen LogP contribution in [-0.2, 0) is 33.3 Å². The zero-order valence-electron chi connectivity index (χ0n) is 28.2. The van der Waals surface area contributed by atoms with Crippen LogP contribution in [0.25, 0.3) is 0 Å². The SMILES string of the molecule is Cc1cccc(C)c1OCC(=O)NC(Cc1ccccc1)[C@@H](O)C[C@H](Cc1ccccc1)NC(=O)C1CN(c2cccc(C(F)(F)F)c2)C(=O)O1. The van der Waals surface area contributed by atoms with Gasteiger partial charge in [0, 0.05) is 11.7 Å². The molecule has 9 nitrogen and oxygen atoms in total. The van der Waals surface area contributed by atoms with Crippen LogP contribution in [0.15, 0.2) is 103 Å². The first-order valence-corrected chi connectivity index (χ1v) is 16.6. The molecule has 0 bridgehead atoms. The number of aliphatic hydroxyl groups is 1. The van der Waals surface area contributed by atoms with Crippen LogP contribution in [0.4, 0.5) is 23.7 Å². The highest BCUT2D eigenvalue weighted by molar-refractivity contribution is 5.95. The smallest absolute Gasteiger partial charge is 0.416 e. The maximum atomic E-state index is 13.5. The van der Waals surface area contributed by atoms with Gasteiger partial charge in [-0.1, -0.05) is 84.9 Å². The van der Waals surface area contributed by atoms with Crippen LogP contribution in [0, 0.1) is 13.8 Å². The molecule has 51 heavy (non-hydrogen) atoms. The number of benzene rings is 4. The number of hydrogen-bond acceptors (Lipinski definition) is 6. The average Bonchev–Trinajstić information content (AvgIpc) is 3.50. The highest BCUT2D eigenvalue weighted by atomic mass is 19.4. The average molecular weight is 704 g/mol. The number of anilines is 1. The second-order valence-electron chi connectivity index (χ2n) is 12.6. The third-order valence-corrected chi connectivity index (χ3v) is 8.65. The molecule has 4 aromatic carbocycles. The van der Waals surface area contributed by atoms with Gasteiger partial charge in [-0.3, -0.25) is 14.5 Å². The summed E-state index contributed by atoms with van der Waals surface area (Å²) in [6, 6.07) is 27.0. The Kier molecular flexibility index (Phi) is 12.0. The molecule has 4 atom stereocenters. The predicted molar refractivity (Wildman–Crippen MR) is 185 cm³/mol. The number of ether oxygens (including phenoxy) is 2. The molecule has 5 rings (SSSR count). The van der Waals surface area contributed by atoms with Crippen LogP contribution in [0.2, 0.25) is 0 Å². The third-order valence-electron chi connectivity index (χ3n) is 8.65. The molecule has 1 aliphatic heterocycles. The Morgan fingerprint density at radius 1 is 0.882 bits per heavy atom. The van der Waals surface area contributed by atoms with Crippen molar-refractivity contribution in [3.8, 4) is 5.75 Å². The maximum absolute atomic E-state index is 13.5. The highest BCUT2D eigenvalue weighted by Crippen LogP contribution is 2.33. The van der Waals surface area contributed by atoms with Gasteiger partial charge < -0.3 is 25.2 Å². The number of alkyl halides is 3. The largest absolute Gasteiger partial charge is 0.483 e. The number of nitrogens with zero attached hydrogens (tertiary/aromatic N) is 1. The van der Waals surface area contributed by atoms with Gasteiger partial charge in [0.25, 0.3) is 11.8 Å². The first kappa shape index (κ1) is 36.9. The fourth-order valence-electron chi connectivity index (χ4n) is 6.07. The Balaban J connectivity index is 1.30. The van der Waals surface area contributed by atoms with E-state index < -0.39 is 53.9 Å². The van der Waals surface area contributed by atoms with E-state index in [4.69, 9.17) is 9.47 Å². The van der Waals surface area contributed by atoms with Crippen LogP contribution >= 0.6 is 0 Å². The van der Waals surface area contributed by atoms with Crippen LogP contribution < -0.4 is 20.3 Å². The Labute approximate surface area is 294 Å². The van der Waals surface area contributed by atoms with Crippen LogP contribution in [0.3, 0.4) is 0 Å². The Bertz CT molecular complexity index is 1780. The molecule has 0 aliphatic carbocycles. The summed E-state index contributed by atoms with van der Waals surface area (Å²) in [6.45, 7) is 3.19. The lowest BCUT2D eigenvalue weighted by Crippen LogP contribution is -2.51. The number of cyclic esters (lactones) is 1. The number of para-hydroxylation sites is 1. The minimum atomic E-state index is -4.62. The Morgan fingerprint density at radius 2 is 1.49 bits per heavy atom. The number of aliphatic hydroxyl groups excluding tert-OH is 1. The standard InChI is InChI=1S/C39H40F3N3O6/c1-25-11-9-12-26(2)36(25)50-24-35(47)44-32(20-28-15-7-4-8-16-28)33(46)22-30(19-27-13-5-3-6-14-27)43-37(48)34-23-45(38(49)51-34)31-18-10-17-29(21-31)39(40,41)42/h3-18,21,30,32-34,46H,19-20,22-24H2,1-2H3,(H,43,48)(H,44,47)/t30-,32?,33-,34?/m0/s1. The second-order valence-corrected chi connectivity index (χ2v) is 12.6. The maximum Gasteiger partial charge on any atom is 0.416 e. The number of amides is 3. The first-order valence-electron chi connectivity index (χ1n) is 16.6. The van der Waals surface area contributed by atoms with E-state index in [0.717, 1.165) is 39.3 Å². The van der Waals surface area contributed by atoms with Crippen molar-refractivity contribution >= 4 is 23.6 Å². The lowest BCUT2D eigenvalue weighted by Gasteiger charge is -2.29. The van der Waals surface area contributed by atoms with Gasteiger partial charge in [0.15, 0.2) is 12.7 Å². The molecular weight excluding hydrogens is 663 g/mol. The molecule has 1 saturated heterocycles. The normalized spacial score (nSPS) is 16.2. The number of nitrogens with one attached hydrogen (secondary N) is 2. The summed E-state index contributed by atoms with van der Waals surface area (Å²) in [5, 5.41) is 17.4. The Morgan fingerprint density at radius 3 is 2.12 bits per heavy atom. The summed E-state index contributed by atoms with van der Waals surface area (Å²) in [5.74, 6) is -0.497. The highest BCUT2D eigenvalue weighted by Gasteiger charge is 2.39. The van der Waals surface area contributed by atoms with Crippen molar-refractivity contribution in [2.24, 2.45) is 0 Å². The molecule has 1 fully saturated rings. The summed E-state index contributed by atoms with van der Waals surface area (Å²) in [7, 11) is 0. The molecule has 3 amide bonds. The van der Waals surface area contributed by atoms with Crippen molar-refractivity contribution < 1.29 is 42.1 Å². The van der Waals surface area contributed by atoms with Crippen LogP contribution in [0.5, 0.6) is 5.75 Å². The minimum Gasteiger partial charge on any atom is -0.483 e. The molecule has 3 N–H and O–H groups in total. The zero-order valence-corrected chi connectivity index (χ0v) is 28.2. The molecule has 1 aliphatic rings. The van der Waals surface area contributed by atoms with E-state index in [9.17, 15) is 32.7 Å². The number of aryl methyl sites for hydroxylation is 2. The molecule has 0 radical (unpaired) electrons. The quantitative estimate of drug-likeness (QED) is 0.150. The van der Waals surface area contributed by atoms with E-state index in [0.29, 0.717) is 12.2 Å². The summed E-state index contributed by atoms with van der Waals surface area (Å²) in [4.78, 5) is 40.4. The van der Waals surface area contributed by atoms with Gasteiger partial charge in [-0.2, -0.15) is 13.2 Å². The van der Waals surface area contributed by atoms with Gasteiger partial charge in [-0.25, -0.2) is 4.79 Å². The predicted octanol–water partition coefficient (Wildman–Crippen LogP) is 5.93. The van der Waals surface area contributed by atoms with Gasteiger partial charge in [0.05, 0.1) is 24.3 Å². The van der Waals surface area contributed by atoms with Gasteiger partial charge in [-0.15, -0.1) is 0 Å². The van der Waals surface area contributed by atoms with E-state index in [1.807, 2.05) is 92.7 Å². The lowest BCUT2D eigenvalue weighted by atomic mass is 9.93. The van der Waals surface area contributed by atoms with E-state index >= 15 is 0 Å². The van der Waals surface area contributed by atoms with Crippen molar-refractivity contribution in [2.45, 2.75) is 63.6 Å². The fraction of sp³-hybridized carbons (Fsp3) is 0.308. The molecule has 0 saturated carbocycles. The molecule has 268 valence electrons. The summed E-state index contributed by atoms with van der Waals surface area (Å²) >= 11 is 0. The van der Waals surface area contributed by atoms with Crippen molar-refractivity contribution in [1.29, 1.82) is 0 Å². The van der Waals surface area contributed by atoms with Gasteiger partial charge in [0.1, 0.15) is 5.75 Å². The number of carbonyl (C=O) groups excluding carboxylic acids is 3. The molecular formula is C39H40F3N3O6. The third kappa shape index (κ3) is 10.1. The van der Waals surface area contributed by atoms with Crippen molar-refractivity contribution in [2.75, 3.05) is 18.1 Å². The Hall–Kier alpha value is -5.36. The monoisotopic (exact) mass is 703 g/mol. The lowest BCUT2D eigenvalue weighted by molar-refractivity contribution is -0.137. The molecule has 0 spiro atoms. The van der Waals surface area contributed by atoms with E-state index in [2.05, 4.69) is 10.6 Å². The van der Waals surface area contributed by atoms with Crippen molar-refractivity contribution in [3.63, 3.8) is 0 Å². The number of carbonyl (C=O) groups is 3. The van der Waals surface area contributed by atoms with Gasteiger partial charge in [-0.05, 0) is 73.6 Å². The van der Waals surface area contributed by atoms with Crippen LogP contribution in [-0.4, -0.2) is 60.5 Å². The van der Waals surface area contributed by atoms with Gasteiger partial charge in [0.2, 0.25) is 0 Å². The van der Waals surface area contributed by atoms with Gasteiger partial charge >= 0.3 is 12.3 Å². The van der Waals surface area contributed by atoms with Crippen molar-refractivity contribution in [1.82, 2.24) is 10.6 Å². The topological polar surface area (TPSA) is 117 Å². The number of rotatable bonds is 14. The fourth-order valence-corrected chi connectivity index (χ4v) is 6.07. The number of hydrogen-bond donors (Lipinski definition) is 3. The van der Waals surface area contributed by atoms with E-state index in [1.165, 1.54) is 12.1 Å².